The van der Waals surface area contributed by atoms with E-state index in [2.05, 4.69) is 13.8 Å². The van der Waals surface area contributed by atoms with E-state index in [4.69, 9.17) is 9.84 Å². The third-order valence-corrected chi connectivity index (χ3v) is 2.24. The number of hydrogen-bond acceptors (Lipinski definition) is 3. The molecular weight excluding hydrogens is 194 g/mol. The second-order valence-electron chi connectivity index (χ2n) is 4.21. The molecule has 0 amide bonds. The van der Waals surface area contributed by atoms with Crippen LogP contribution in [0.3, 0.4) is 0 Å². The maximum atomic E-state index is 10.8. The summed E-state index contributed by atoms with van der Waals surface area (Å²) in [7, 11) is 1.82. The van der Waals surface area contributed by atoms with Crippen LogP contribution in [-0.2, 0) is 9.53 Å². The van der Waals surface area contributed by atoms with Crippen molar-refractivity contribution in [3.05, 3.63) is 0 Å². The van der Waals surface area contributed by atoms with Crippen LogP contribution in [0.5, 0.6) is 0 Å². The zero-order valence-corrected chi connectivity index (χ0v) is 10.2. The van der Waals surface area contributed by atoms with Gasteiger partial charge < -0.3 is 9.84 Å². The van der Waals surface area contributed by atoms with Gasteiger partial charge in [-0.15, -0.1) is 0 Å². The van der Waals surface area contributed by atoms with Gasteiger partial charge in [-0.2, -0.15) is 0 Å². The minimum Gasteiger partial charge on any atom is -0.480 e. The largest absolute Gasteiger partial charge is 0.480 e. The van der Waals surface area contributed by atoms with Crippen LogP contribution in [0, 0.1) is 5.92 Å². The smallest absolute Gasteiger partial charge is 0.320 e. The zero-order chi connectivity index (χ0) is 11.8. The Morgan fingerprint density at radius 3 is 2.47 bits per heavy atom. The summed E-state index contributed by atoms with van der Waals surface area (Å²) >= 11 is 0. The topological polar surface area (TPSA) is 49.8 Å². The summed E-state index contributed by atoms with van der Waals surface area (Å²) in [5, 5.41) is 8.91. The summed E-state index contributed by atoms with van der Waals surface area (Å²) in [4.78, 5) is 12.7. The van der Waals surface area contributed by atoms with Crippen LogP contribution in [0.1, 0.15) is 27.2 Å². The number of carboxylic acid groups (broad SMARTS) is 1. The number of likely N-dealkylation sites (N-methyl/N-ethyl adjacent to an activating group) is 1. The maximum Gasteiger partial charge on any atom is 0.320 e. The maximum absolute atomic E-state index is 10.8. The minimum atomic E-state index is -0.760. The van der Waals surface area contributed by atoms with E-state index < -0.39 is 12.0 Å². The van der Waals surface area contributed by atoms with Gasteiger partial charge in [0.05, 0.1) is 6.61 Å². The van der Waals surface area contributed by atoms with Crippen molar-refractivity contribution in [2.24, 2.45) is 5.92 Å². The molecule has 0 saturated heterocycles. The number of carbonyl (C=O) groups is 1. The Bertz CT molecular complexity index is 183. The van der Waals surface area contributed by atoms with Crippen LogP contribution >= 0.6 is 0 Å². The Balaban J connectivity index is 3.71. The van der Waals surface area contributed by atoms with E-state index in [1.807, 2.05) is 18.9 Å². The summed E-state index contributed by atoms with van der Waals surface area (Å²) in [6.07, 6.45) is 0.621. The van der Waals surface area contributed by atoms with Crippen LogP contribution < -0.4 is 0 Å². The third-order valence-electron chi connectivity index (χ3n) is 2.24. The fourth-order valence-corrected chi connectivity index (χ4v) is 1.36. The van der Waals surface area contributed by atoms with E-state index in [9.17, 15) is 4.79 Å². The lowest BCUT2D eigenvalue weighted by Gasteiger charge is -2.23. The molecule has 0 aliphatic rings. The van der Waals surface area contributed by atoms with Gasteiger partial charge in [0.25, 0.3) is 0 Å². The number of hydrogen-bond donors (Lipinski definition) is 1. The van der Waals surface area contributed by atoms with Gasteiger partial charge in [0, 0.05) is 13.2 Å². The first-order valence-corrected chi connectivity index (χ1v) is 5.49. The normalized spacial score (nSPS) is 13.5. The molecule has 0 aliphatic heterocycles. The summed E-state index contributed by atoms with van der Waals surface area (Å²) < 4.78 is 5.41. The average molecular weight is 217 g/mol. The second kappa shape index (κ2) is 7.65. The van der Waals surface area contributed by atoms with Crippen molar-refractivity contribution in [3.63, 3.8) is 0 Å². The lowest BCUT2D eigenvalue weighted by atomic mass is 10.2. The molecule has 0 spiro atoms. The lowest BCUT2D eigenvalue weighted by molar-refractivity contribution is -0.143. The SMILES string of the molecule is CCC(C(=O)O)N(C)CCOCC(C)C. The molecule has 0 saturated carbocycles. The number of carboxylic acids is 1. The molecule has 15 heavy (non-hydrogen) atoms. The van der Waals surface area contributed by atoms with Crippen LogP contribution in [0.15, 0.2) is 0 Å². The van der Waals surface area contributed by atoms with Gasteiger partial charge in [-0.1, -0.05) is 20.8 Å². The molecule has 1 unspecified atom stereocenters. The van der Waals surface area contributed by atoms with Crippen molar-refractivity contribution in [3.8, 4) is 0 Å². The Morgan fingerprint density at radius 2 is 2.07 bits per heavy atom. The van der Waals surface area contributed by atoms with Gasteiger partial charge in [0.15, 0.2) is 0 Å². The Hall–Kier alpha value is -0.610. The highest BCUT2D eigenvalue weighted by Crippen LogP contribution is 2.01. The molecule has 1 atom stereocenters. The highest BCUT2D eigenvalue weighted by Gasteiger charge is 2.19. The highest BCUT2D eigenvalue weighted by atomic mass is 16.5. The van der Waals surface area contributed by atoms with Crippen LogP contribution in [0.25, 0.3) is 0 Å². The van der Waals surface area contributed by atoms with Crippen molar-refractivity contribution in [1.82, 2.24) is 4.90 Å². The Kier molecular flexibility index (Phi) is 7.34. The van der Waals surface area contributed by atoms with Gasteiger partial charge >= 0.3 is 5.97 Å². The summed E-state index contributed by atoms with van der Waals surface area (Å²) in [6.45, 7) is 8.06. The van der Waals surface area contributed by atoms with E-state index >= 15 is 0 Å². The minimum absolute atomic E-state index is 0.396. The lowest BCUT2D eigenvalue weighted by Crippen LogP contribution is -2.39. The molecule has 0 aliphatic carbocycles. The first-order valence-electron chi connectivity index (χ1n) is 5.49. The van der Waals surface area contributed by atoms with Gasteiger partial charge in [-0.25, -0.2) is 0 Å². The molecule has 0 radical (unpaired) electrons. The van der Waals surface area contributed by atoms with Gasteiger partial charge in [-0.05, 0) is 19.4 Å². The average Bonchev–Trinajstić information content (AvgIpc) is 2.12. The van der Waals surface area contributed by atoms with Crippen molar-refractivity contribution in [1.29, 1.82) is 0 Å². The predicted octanol–water partition coefficient (Wildman–Crippen LogP) is 1.45. The molecule has 1 N–H and O–H groups in total. The molecule has 0 aromatic carbocycles. The quantitative estimate of drug-likeness (QED) is 0.625. The van der Waals surface area contributed by atoms with Crippen molar-refractivity contribution in [2.45, 2.75) is 33.2 Å². The van der Waals surface area contributed by atoms with Crippen molar-refractivity contribution < 1.29 is 14.6 Å². The fourth-order valence-electron chi connectivity index (χ4n) is 1.36. The molecule has 0 aromatic rings. The molecular formula is C11H23NO3. The molecule has 0 bridgehead atoms. The standard InChI is InChI=1S/C11H23NO3/c1-5-10(11(13)14)12(4)6-7-15-8-9(2)3/h9-10H,5-8H2,1-4H3,(H,13,14). The fraction of sp³-hybridized carbons (Fsp3) is 0.909. The number of rotatable bonds is 8. The second-order valence-corrected chi connectivity index (χ2v) is 4.21. The summed E-state index contributed by atoms with van der Waals surface area (Å²) in [6, 6.07) is -0.396. The molecule has 4 nitrogen and oxygen atoms in total. The number of aliphatic carboxylic acids is 1. The molecule has 0 fully saturated rings. The van der Waals surface area contributed by atoms with E-state index in [1.165, 1.54) is 0 Å². The first-order chi connectivity index (χ1) is 6.99. The summed E-state index contributed by atoms with van der Waals surface area (Å²) in [5.74, 6) is -0.236. The highest BCUT2D eigenvalue weighted by molar-refractivity contribution is 5.73. The zero-order valence-electron chi connectivity index (χ0n) is 10.2. The van der Waals surface area contributed by atoms with E-state index in [-0.39, 0.29) is 0 Å². The number of nitrogens with zero attached hydrogens (tertiary/aromatic N) is 1. The van der Waals surface area contributed by atoms with E-state index in [0.717, 1.165) is 6.61 Å². The van der Waals surface area contributed by atoms with Gasteiger partial charge in [-0.3, -0.25) is 9.69 Å². The monoisotopic (exact) mass is 217 g/mol. The van der Waals surface area contributed by atoms with Crippen LogP contribution in [0.2, 0.25) is 0 Å². The van der Waals surface area contributed by atoms with Gasteiger partial charge in [0.1, 0.15) is 6.04 Å². The third kappa shape index (κ3) is 6.47. The van der Waals surface area contributed by atoms with E-state index in [0.29, 0.717) is 25.5 Å². The van der Waals surface area contributed by atoms with Crippen molar-refractivity contribution >= 4 is 5.97 Å². The predicted molar refractivity (Wildman–Crippen MR) is 60.0 cm³/mol. The van der Waals surface area contributed by atoms with Gasteiger partial charge in [0.2, 0.25) is 0 Å². The number of ether oxygens (including phenoxy) is 1. The molecule has 0 rings (SSSR count). The molecule has 90 valence electrons. The molecule has 4 heteroatoms. The van der Waals surface area contributed by atoms with Crippen LogP contribution in [-0.4, -0.2) is 48.8 Å². The van der Waals surface area contributed by atoms with Crippen LogP contribution in [0.4, 0.5) is 0 Å². The van der Waals surface area contributed by atoms with E-state index in [1.54, 1.807) is 0 Å². The Morgan fingerprint density at radius 1 is 1.47 bits per heavy atom. The first kappa shape index (κ1) is 14.4. The van der Waals surface area contributed by atoms with Crippen molar-refractivity contribution in [2.75, 3.05) is 26.8 Å². The summed E-state index contributed by atoms with van der Waals surface area (Å²) in [5.41, 5.74) is 0. The Labute approximate surface area is 92.2 Å². The molecule has 0 aromatic heterocycles. The molecule has 0 heterocycles.